The lowest BCUT2D eigenvalue weighted by Gasteiger charge is -2.18. The van der Waals surface area contributed by atoms with E-state index < -0.39 is 35.7 Å². The first-order chi connectivity index (χ1) is 7.61. The van der Waals surface area contributed by atoms with Crippen LogP contribution in [0.25, 0.3) is 0 Å². The maximum atomic E-state index is 11.7. The zero-order chi connectivity index (χ0) is 13.7. The molecule has 0 spiro atoms. The van der Waals surface area contributed by atoms with Crippen LogP contribution >= 0.6 is 15.9 Å². The predicted octanol–water partition coefficient (Wildman–Crippen LogP) is 2.20. The lowest BCUT2D eigenvalue weighted by Crippen LogP contribution is -2.31. The molecule has 0 N–H and O–H groups in total. The molecule has 0 bridgehead atoms. The Balaban J connectivity index is 3.88. The van der Waals surface area contributed by atoms with Crippen LogP contribution in [-0.4, -0.2) is 35.7 Å². The highest BCUT2D eigenvalue weighted by atomic mass is 79.9. The molecule has 0 aromatic carbocycles. The van der Waals surface area contributed by atoms with Gasteiger partial charge < -0.3 is 9.47 Å². The van der Waals surface area contributed by atoms with Gasteiger partial charge in [0.15, 0.2) is 0 Å². The summed E-state index contributed by atoms with van der Waals surface area (Å²) in [5.74, 6) is -2.92. The van der Waals surface area contributed by atoms with Crippen LogP contribution in [0.1, 0.15) is 20.3 Å². The molecule has 0 aliphatic heterocycles. The van der Waals surface area contributed by atoms with Gasteiger partial charge in [-0.05, 0) is 13.3 Å². The fraction of sp³-hybridized carbons (Fsp3) is 0.778. The summed E-state index contributed by atoms with van der Waals surface area (Å²) in [7, 11) is 0. The predicted molar refractivity (Wildman–Crippen MR) is 55.6 cm³/mol. The van der Waals surface area contributed by atoms with Crippen molar-refractivity contribution in [3.8, 4) is 0 Å². The average Bonchev–Trinajstić information content (AvgIpc) is 2.22. The largest absolute Gasteiger partial charge is 0.490 e. The van der Waals surface area contributed by atoms with Gasteiger partial charge in [0.2, 0.25) is 0 Å². The first kappa shape index (κ1) is 16.2. The molecule has 1 atom stereocenters. The molecule has 0 rings (SSSR count). The summed E-state index contributed by atoms with van der Waals surface area (Å²) >= 11 is 3.10. The molecule has 17 heavy (non-hydrogen) atoms. The van der Waals surface area contributed by atoms with Crippen molar-refractivity contribution in [1.82, 2.24) is 0 Å². The van der Waals surface area contributed by atoms with Crippen LogP contribution in [0.3, 0.4) is 0 Å². The van der Waals surface area contributed by atoms with Gasteiger partial charge in [-0.1, -0.05) is 22.9 Å². The van der Waals surface area contributed by atoms with E-state index >= 15 is 0 Å². The molecule has 0 amide bonds. The number of ether oxygens (including phenoxy) is 2. The molecule has 0 radical (unpaired) electrons. The zero-order valence-electron chi connectivity index (χ0n) is 9.27. The Morgan fingerprint density at radius 3 is 1.88 bits per heavy atom. The third-order valence-corrected chi connectivity index (χ3v) is 2.76. The second-order valence-electron chi connectivity index (χ2n) is 3.32. The summed E-state index contributed by atoms with van der Waals surface area (Å²) in [4.78, 5) is 21.6. The molecule has 0 aliphatic rings. The number of rotatable bonds is 5. The van der Waals surface area contributed by atoms with Crippen molar-refractivity contribution in [1.29, 1.82) is 0 Å². The Morgan fingerprint density at radius 1 is 1.12 bits per heavy atom. The molecule has 0 aromatic heterocycles. The molecular weight excluding hydrogens is 309 g/mol. The highest BCUT2D eigenvalue weighted by Crippen LogP contribution is 2.23. The van der Waals surface area contributed by atoms with Crippen LogP contribution in [0, 0.1) is 0 Å². The minimum Gasteiger partial charge on any atom is -0.461 e. The topological polar surface area (TPSA) is 52.6 Å². The summed E-state index contributed by atoms with van der Waals surface area (Å²) in [5, 5.41) is 0. The number of alkyl halides is 4. The Hall–Kier alpha value is -0.790. The molecule has 0 fully saturated rings. The van der Waals surface area contributed by atoms with Gasteiger partial charge in [0, 0.05) is 0 Å². The van der Waals surface area contributed by atoms with Crippen molar-refractivity contribution < 1.29 is 32.2 Å². The Morgan fingerprint density at radius 2 is 1.53 bits per heavy atom. The second-order valence-corrected chi connectivity index (χ2v) is 5.07. The molecule has 0 saturated carbocycles. The normalized spacial score (nSPS) is 14.9. The van der Waals surface area contributed by atoms with Crippen molar-refractivity contribution in [2.75, 3.05) is 13.2 Å². The minimum atomic E-state index is -5.03. The van der Waals surface area contributed by atoms with Gasteiger partial charge in [0.1, 0.15) is 17.5 Å². The summed E-state index contributed by atoms with van der Waals surface area (Å²) in [6, 6.07) is 0. The Kier molecular flexibility index (Phi) is 5.94. The van der Waals surface area contributed by atoms with Gasteiger partial charge in [-0.3, -0.25) is 4.79 Å². The number of carbonyl (C=O) groups excluding carboxylic acids is 2. The molecule has 4 nitrogen and oxygen atoms in total. The summed E-state index contributed by atoms with van der Waals surface area (Å²) in [6.07, 6.45) is -4.58. The van der Waals surface area contributed by atoms with Crippen molar-refractivity contribution in [3.05, 3.63) is 0 Å². The van der Waals surface area contributed by atoms with E-state index in [2.05, 4.69) is 25.4 Å². The van der Waals surface area contributed by atoms with E-state index in [9.17, 15) is 22.8 Å². The van der Waals surface area contributed by atoms with E-state index in [0.29, 0.717) is 6.42 Å². The van der Waals surface area contributed by atoms with Crippen molar-refractivity contribution >= 4 is 27.9 Å². The molecule has 0 saturated heterocycles. The zero-order valence-corrected chi connectivity index (χ0v) is 10.9. The van der Waals surface area contributed by atoms with E-state index in [0.717, 1.165) is 0 Å². The SMILES string of the molecule is CCC(C)(Br)C(=O)OCCOC(=O)C(F)(F)F. The van der Waals surface area contributed by atoms with E-state index in [-0.39, 0.29) is 0 Å². The van der Waals surface area contributed by atoms with Crippen LogP contribution in [0.2, 0.25) is 0 Å². The maximum absolute atomic E-state index is 11.7. The van der Waals surface area contributed by atoms with E-state index in [1.54, 1.807) is 13.8 Å². The standard InChI is InChI=1S/C9H12BrF3O4/c1-3-8(2,10)6(14)16-4-5-17-7(15)9(11,12)13/h3-5H2,1-2H3. The highest BCUT2D eigenvalue weighted by Gasteiger charge is 2.40. The summed E-state index contributed by atoms with van der Waals surface area (Å²) in [5.41, 5.74) is 0. The lowest BCUT2D eigenvalue weighted by molar-refractivity contribution is -0.201. The van der Waals surface area contributed by atoms with E-state index in [1.165, 1.54) is 0 Å². The third kappa shape index (κ3) is 5.90. The molecule has 8 heteroatoms. The molecule has 1 unspecified atom stereocenters. The van der Waals surface area contributed by atoms with Crippen molar-refractivity contribution in [2.45, 2.75) is 30.8 Å². The average molecular weight is 321 g/mol. The van der Waals surface area contributed by atoms with E-state index in [1.807, 2.05) is 0 Å². The van der Waals surface area contributed by atoms with Gasteiger partial charge in [-0.2, -0.15) is 13.2 Å². The first-order valence-electron chi connectivity index (χ1n) is 4.71. The van der Waals surface area contributed by atoms with Gasteiger partial charge in [0.05, 0.1) is 0 Å². The number of halogens is 4. The number of hydrogen-bond acceptors (Lipinski definition) is 4. The van der Waals surface area contributed by atoms with Gasteiger partial charge in [0.25, 0.3) is 0 Å². The van der Waals surface area contributed by atoms with Gasteiger partial charge in [-0.25, -0.2) is 4.79 Å². The molecular formula is C9H12BrF3O4. The van der Waals surface area contributed by atoms with E-state index in [4.69, 9.17) is 0 Å². The maximum Gasteiger partial charge on any atom is 0.490 e. The number of carbonyl (C=O) groups is 2. The van der Waals surface area contributed by atoms with Gasteiger partial charge >= 0.3 is 18.1 Å². The summed E-state index contributed by atoms with van der Waals surface area (Å²) < 4.78 is 42.7. The van der Waals surface area contributed by atoms with Crippen LogP contribution in [-0.2, 0) is 19.1 Å². The van der Waals surface area contributed by atoms with Crippen LogP contribution in [0.5, 0.6) is 0 Å². The molecule has 0 aromatic rings. The number of hydrogen-bond donors (Lipinski definition) is 0. The highest BCUT2D eigenvalue weighted by molar-refractivity contribution is 9.10. The van der Waals surface area contributed by atoms with Crippen LogP contribution in [0.15, 0.2) is 0 Å². The Bertz CT molecular complexity index is 288. The van der Waals surface area contributed by atoms with Gasteiger partial charge in [-0.15, -0.1) is 0 Å². The molecule has 100 valence electrons. The lowest BCUT2D eigenvalue weighted by atomic mass is 10.1. The summed E-state index contributed by atoms with van der Waals surface area (Å²) in [6.45, 7) is 2.26. The fourth-order valence-corrected chi connectivity index (χ4v) is 0.760. The smallest absolute Gasteiger partial charge is 0.461 e. The number of esters is 2. The Labute approximate surface area is 105 Å². The monoisotopic (exact) mass is 320 g/mol. The van der Waals surface area contributed by atoms with Crippen molar-refractivity contribution in [2.24, 2.45) is 0 Å². The third-order valence-electron chi connectivity index (χ3n) is 1.87. The first-order valence-corrected chi connectivity index (χ1v) is 5.50. The van der Waals surface area contributed by atoms with Crippen LogP contribution < -0.4 is 0 Å². The molecule has 0 aliphatic carbocycles. The fourth-order valence-electron chi connectivity index (χ4n) is 0.645. The molecule has 0 heterocycles. The quantitative estimate of drug-likeness (QED) is 0.443. The van der Waals surface area contributed by atoms with Crippen molar-refractivity contribution in [3.63, 3.8) is 0 Å². The second kappa shape index (κ2) is 6.23. The van der Waals surface area contributed by atoms with Crippen LogP contribution in [0.4, 0.5) is 13.2 Å². The minimum absolute atomic E-state index is 0.415.